The number of rotatable bonds is 4. The first-order valence-corrected chi connectivity index (χ1v) is 9.72. The molecule has 6 nitrogen and oxygen atoms in total. The molecule has 1 aliphatic heterocycles. The lowest BCUT2D eigenvalue weighted by Gasteiger charge is -2.33. The van der Waals surface area contributed by atoms with Gasteiger partial charge in [0.25, 0.3) is 17.4 Å². The summed E-state index contributed by atoms with van der Waals surface area (Å²) in [4.78, 5) is 39.1. The van der Waals surface area contributed by atoms with Crippen molar-refractivity contribution in [3.05, 3.63) is 46.7 Å². The summed E-state index contributed by atoms with van der Waals surface area (Å²) in [7, 11) is 0.916. The number of hydrogen-bond acceptors (Lipinski definition) is 4. The molecule has 2 rings (SSSR count). The molecule has 1 atom stereocenters. The molecular weight excluding hydrogens is 413 g/mol. The Balaban J connectivity index is 2.62. The van der Waals surface area contributed by atoms with Gasteiger partial charge in [-0.05, 0) is 43.9 Å². The smallest absolute Gasteiger partial charge is 0.425 e. The van der Waals surface area contributed by atoms with Crippen molar-refractivity contribution >= 4 is 17.8 Å². The predicted octanol–water partition coefficient (Wildman–Crippen LogP) is 3.71. The van der Waals surface area contributed by atoms with Crippen LogP contribution >= 0.6 is 0 Å². The van der Waals surface area contributed by atoms with Crippen LogP contribution in [0.2, 0.25) is 0 Å². The summed E-state index contributed by atoms with van der Waals surface area (Å²) in [6.07, 6.45) is -5.29. The van der Waals surface area contributed by atoms with Crippen molar-refractivity contribution < 1.29 is 32.3 Å². The minimum Gasteiger partial charge on any atom is -0.466 e. The zero-order valence-corrected chi connectivity index (χ0v) is 18.6. The van der Waals surface area contributed by atoms with Crippen LogP contribution in [-0.4, -0.2) is 47.6 Å². The van der Waals surface area contributed by atoms with Crippen molar-refractivity contribution in [2.45, 2.75) is 64.7 Å². The second-order valence-corrected chi connectivity index (χ2v) is 8.75. The molecule has 0 saturated heterocycles. The molecule has 0 bridgehead atoms. The van der Waals surface area contributed by atoms with Crippen LogP contribution < -0.4 is 5.32 Å². The van der Waals surface area contributed by atoms with E-state index in [-0.39, 0.29) is 16.7 Å². The van der Waals surface area contributed by atoms with Crippen molar-refractivity contribution in [1.82, 2.24) is 10.2 Å². The molecule has 0 fully saturated rings. The highest BCUT2D eigenvalue weighted by Gasteiger charge is 2.71. The Kier molecular flexibility index (Phi) is 6.32. The highest BCUT2D eigenvalue weighted by molar-refractivity contribution is 6.11. The van der Waals surface area contributed by atoms with E-state index >= 15 is 0 Å². The van der Waals surface area contributed by atoms with Crippen LogP contribution in [0.15, 0.2) is 35.5 Å². The maximum absolute atomic E-state index is 14.4. The van der Waals surface area contributed by atoms with Crippen LogP contribution in [0.5, 0.6) is 0 Å². The molecule has 1 aromatic rings. The Hall–Kier alpha value is -2.84. The van der Waals surface area contributed by atoms with Gasteiger partial charge in [-0.3, -0.25) is 9.59 Å². The van der Waals surface area contributed by atoms with Crippen molar-refractivity contribution in [3.8, 4) is 0 Å². The van der Waals surface area contributed by atoms with Crippen LogP contribution in [0.3, 0.4) is 0 Å². The van der Waals surface area contributed by atoms with Gasteiger partial charge in [0.05, 0.1) is 7.11 Å². The van der Waals surface area contributed by atoms with Crippen molar-refractivity contribution in [1.29, 1.82) is 0 Å². The molecule has 1 aromatic carbocycles. The Morgan fingerprint density at radius 2 is 1.61 bits per heavy atom. The quantitative estimate of drug-likeness (QED) is 0.725. The Morgan fingerprint density at radius 1 is 1.10 bits per heavy atom. The molecule has 9 heteroatoms. The summed E-state index contributed by atoms with van der Waals surface area (Å²) in [5.41, 5.74) is -4.13. The summed E-state index contributed by atoms with van der Waals surface area (Å²) in [5.74, 6) is -3.92. The largest absolute Gasteiger partial charge is 0.466 e. The van der Waals surface area contributed by atoms with E-state index in [2.05, 4.69) is 4.74 Å². The van der Waals surface area contributed by atoms with Crippen LogP contribution in [0, 0.1) is 0 Å². The lowest BCUT2D eigenvalue weighted by Crippen LogP contribution is -2.66. The Bertz CT molecular complexity index is 928. The summed E-state index contributed by atoms with van der Waals surface area (Å²) in [5, 5.41) is 1.82. The van der Waals surface area contributed by atoms with E-state index in [1.54, 1.807) is 12.1 Å². The Labute approximate surface area is 179 Å². The first-order chi connectivity index (χ1) is 14.1. The number of amides is 2. The van der Waals surface area contributed by atoms with E-state index in [0.29, 0.717) is 0 Å². The van der Waals surface area contributed by atoms with Crippen molar-refractivity contribution in [3.63, 3.8) is 0 Å². The third-order valence-electron chi connectivity index (χ3n) is 5.28. The highest BCUT2D eigenvalue weighted by Crippen LogP contribution is 2.45. The van der Waals surface area contributed by atoms with Crippen LogP contribution in [0.4, 0.5) is 13.2 Å². The van der Waals surface area contributed by atoms with Crippen molar-refractivity contribution in [2.75, 3.05) is 7.11 Å². The molecule has 0 saturated carbocycles. The molecular formula is C22H27F3N2O4. The van der Waals surface area contributed by atoms with Gasteiger partial charge >= 0.3 is 12.1 Å². The topological polar surface area (TPSA) is 75.7 Å². The molecule has 0 aromatic heterocycles. The second-order valence-electron chi connectivity index (χ2n) is 8.75. The highest BCUT2D eigenvalue weighted by atomic mass is 19.4. The molecule has 0 radical (unpaired) electrons. The SMILES string of the molecule is COC(=O)C1=C(C)N(C(C)C)C(=O)[C@@]1(NC(=O)c1ccc(C(C)(C)C)cc1)C(F)(F)F. The first-order valence-electron chi connectivity index (χ1n) is 9.72. The fourth-order valence-corrected chi connectivity index (χ4v) is 3.67. The van der Waals surface area contributed by atoms with Gasteiger partial charge in [-0.15, -0.1) is 0 Å². The van der Waals surface area contributed by atoms with E-state index < -0.39 is 41.1 Å². The number of carbonyl (C=O) groups is 3. The molecule has 2 amide bonds. The van der Waals surface area contributed by atoms with Crippen molar-refractivity contribution in [2.24, 2.45) is 0 Å². The van der Waals surface area contributed by atoms with E-state index in [1.807, 2.05) is 26.1 Å². The molecule has 1 heterocycles. The number of ether oxygens (including phenoxy) is 1. The maximum atomic E-state index is 14.4. The zero-order valence-electron chi connectivity index (χ0n) is 18.6. The molecule has 0 unspecified atom stereocenters. The number of nitrogens with one attached hydrogen (secondary N) is 1. The monoisotopic (exact) mass is 440 g/mol. The zero-order chi connectivity index (χ0) is 23.9. The number of carbonyl (C=O) groups excluding carboxylic acids is 3. The minimum absolute atomic E-state index is 0.0747. The standard InChI is InChI=1S/C22H27F3N2O4/c1-12(2)27-13(3)16(18(29)31-7)21(19(27)30,22(23,24)25)26-17(28)14-8-10-15(11-9-14)20(4,5)6/h8-12H,1-7H3,(H,26,28)/t21-/m1/s1. The van der Waals surface area contributed by atoms with Gasteiger partial charge in [0.2, 0.25) is 0 Å². The number of allylic oxidation sites excluding steroid dienone is 1. The van der Waals surface area contributed by atoms with Gasteiger partial charge in [0.1, 0.15) is 5.57 Å². The first kappa shape index (κ1) is 24.4. The minimum atomic E-state index is -5.29. The molecule has 1 aliphatic rings. The molecule has 0 aliphatic carbocycles. The second kappa shape index (κ2) is 8.01. The maximum Gasteiger partial charge on any atom is 0.425 e. The normalized spacial score (nSPS) is 19.8. The lowest BCUT2D eigenvalue weighted by molar-refractivity contribution is -0.192. The molecule has 0 spiro atoms. The fraction of sp³-hybridized carbons (Fsp3) is 0.500. The van der Waals surface area contributed by atoms with Crippen LogP contribution in [0.1, 0.15) is 57.5 Å². The van der Waals surface area contributed by atoms with Gasteiger partial charge in [-0.25, -0.2) is 4.79 Å². The number of halogens is 3. The fourth-order valence-electron chi connectivity index (χ4n) is 3.67. The molecule has 170 valence electrons. The average molecular weight is 440 g/mol. The molecule has 31 heavy (non-hydrogen) atoms. The van der Waals surface area contributed by atoms with E-state index in [0.717, 1.165) is 17.6 Å². The summed E-state index contributed by atoms with van der Waals surface area (Å²) in [6, 6.07) is 5.35. The molecule has 1 N–H and O–H groups in total. The number of esters is 1. The van der Waals surface area contributed by atoms with Gasteiger partial charge in [-0.1, -0.05) is 32.9 Å². The van der Waals surface area contributed by atoms with E-state index in [4.69, 9.17) is 0 Å². The van der Waals surface area contributed by atoms with Gasteiger partial charge < -0.3 is 15.0 Å². The number of hydrogen-bond donors (Lipinski definition) is 1. The Morgan fingerprint density at radius 3 is 2.00 bits per heavy atom. The van der Waals surface area contributed by atoms with Crippen LogP contribution in [-0.2, 0) is 19.7 Å². The number of methoxy groups -OCH3 is 1. The van der Waals surface area contributed by atoms with E-state index in [9.17, 15) is 27.6 Å². The average Bonchev–Trinajstić information content (AvgIpc) is 2.87. The lowest BCUT2D eigenvalue weighted by atomic mass is 9.86. The van der Waals surface area contributed by atoms with Gasteiger partial charge in [0, 0.05) is 17.3 Å². The predicted molar refractivity (Wildman–Crippen MR) is 108 cm³/mol. The summed E-state index contributed by atoms with van der Waals surface area (Å²) in [6.45, 7) is 10.1. The number of benzene rings is 1. The third-order valence-corrected chi connectivity index (χ3v) is 5.28. The van der Waals surface area contributed by atoms with Gasteiger partial charge in [0.15, 0.2) is 0 Å². The summed E-state index contributed by atoms with van der Waals surface area (Å²) >= 11 is 0. The van der Waals surface area contributed by atoms with E-state index in [1.165, 1.54) is 32.9 Å². The summed E-state index contributed by atoms with van der Waals surface area (Å²) < 4.78 is 47.8. The third kappa shape index (κ3) is 4.05. The van der Waals surface area contributed by atoms with Gasteiger partial charge in [-0.2, -0.15) is 13.2 Å². The number of nitrogens with zero attached hydrogens (tertiary/aromatic N) is 1. The van der Waals surface area contributed by atoms with Crippen LogP contribution in [0.25, 0.3) is 0 Å². The number of alkyl halides is 3.